The quantitative estimate of drug-likeness (QED) is 0.864. The van der Waals surface area contributed by atoms with Crippen molar-refractivity contribution in [1.82, 2.24) is 0 Å². The topological polar surface area (TPSA) is 29.1 Å². The molecule has 0 unspecified atom stereocenters. The van der Waals surface area contributed by atoms with Gasteiger partial charge >= 0.3 is 0 Å². The molecule has 0 fully saturated rings. The molecule has 3 heteroatoms. The summed E-state index contributed by atoms with van der Waals surface area (Å²) in [5.41, 5.74) is 3.46. The fourth-order valence-electron chi connectivity index (χ4n) is 2.89. The first-order valence-electron chi connectivity index (χ1n) is 7.65. The van der Waals surface area contributed by atoms with Gasteiger partial charge in [-0.25, -0.2) is 0 Å². The van der Waals surface area contributed by atoms with Crippen LogP contribution < -0.4 is 5.32 Å². The number of carbonyl (C=O) groups is 1. The summed E-state index contributed by atoms with van der Waals surface area (Å²) in [5.74, 6) is 0.811. The summed E-state index contributed by atoms with van der Waals surface area (Å²) in [6.45, 7) is 4.30. The number of fused-ring (bicyclic) bond motifs is 1. The van der Waals surface area contributed by atoms with Crippen LogP contribution in [0.1, 0.15) is 45.4 Å². The molecule has 0 saturated carbocycles. The summed E-state index contributed by atoms with van der Waals surface area (Å²) in [4.78, 5) is 14.6. The Hall–Kier alpha value is -1.61. The maximum absolute atomic E-state index is 12.4. The Labute approximate surface area is 130 Å². The van der Waals surface area contributed by atoms with Crippen molar-refractivity contribution < 1.29 is 4.79 Å². The van der Waals surface area contributed by atoms with E-state index in [0.29, 0.717) is 0 Å². The molecule has 0 bridgehead atoms. The van der Waals surface area contributed by atoms with E-state index in [1.165, 1.54) is 28.8 Å². The van der Waals surface area contributed by atoms with Crippen molar-refractivity contribution in [2.75, 3.05) is 5.32 Å². The fourth-order valence-corrected chi connectivity index (χ4v) is 3.99. The van der Waals surface area contributed by atoms with E-state index >= 15 is 0 Å². The average Bonchev–Trinajstić information content (AvgIpc) is 2.92. The van der Waals surface area contributed by atoms with Gasteiger partial charge in [0, 0.05) is 10.6 Å². The summed E-state index contributed by atoms with van der Waals surface area (Å²) in [6.07, 6.45) is 4.78. The van der Waals surface area contributed by atoms with Crippen molar-refractivity contribution in [1.29, 1.82) is 0 Å². The fraction of sp³-hybridized carbons (Fsp3) is 0.389. The third-order valence-corrected chi connectivity index (χ3v) is 5.53. The number of thiophene rings is 1. The lowest BCUT2D eigenvalue weighted by atomic mass is 9.87. The van der Waals surface area contributed by atoms with Gasteiger partial charge in [0.05, 0.1) is 4.88 Å². The molecule has 0 aliphatic heterocycles. The summed E-state index contributed by atoms with van der Waals surface area (Å²) in [6, 6.07) is 10.0. The second kappa shape index (κ2) is 6.02. The number of amides is 1. The van der Waals surface area contributed by atoms with E-state index in [9.17, 15) is 4.79 Å². The van der Waals surface area contributed by atoms with Crippen molar-refractivity contribution in [3.63, 3.8) is 0 Å². The van der Waals surface area contributed by atoms with E-state index in [1.807, 2.05) is 31.2 Å². The molecule has 1 N–H and O–H groups in total. The van der Waals surface area contributed by atoms with Gasteiger partial charge in [0.25, 0.3) is 5.91 Å². The lowest BCUT2D eigenvalue weighted by molar-refractivity contribution is 0.103. The standard InChI is InChI=1S/C18H21NOS/c1-3-13-6-9-16-14(10-13)11-17(21-16)18(20)19-15-7-4-12(2)5-8-15/h4-5,7-8,11,13H,3,6,9-10H2,1-2H3,(H,19,20)/t13-/m1/s1. The van der Waals surface area contributed by atoms with Crippen molar-refractivity contribution in [3.05, 3.63) is 51.2 Å². The first-order chi connectivity index (χ1) is 10.2. The van der Waals surface area contributed by atoms with E-state index in [-0.39, 0.29) is 5.91 Å². The number of hydrogen-bond donors (Lipinski definition) is 1. The monoisotopic (exact) mass is 299 g/mol. The smallest absolute Gasteiger partial charge is 0.265 e. The van der Waals surface area contributed by atoms with Gasteiger partial charge in [-0.3, -0.25) is 4.79 Å². The average molecular weight is 299 g/mol. The minimum atomic E-state index is 0.0197. The number of anilines is 1. The third kappa shape index (κ3) is 3.18. The van der Waals surface area contributed by atoms with E-state index in [4.69, 9.17) is 0 Å². The van der Waals surface area contributed by atoms with Gasteiger partial charge in [-0.15, -0.1) is 11.3 Å². The Balaban J connectivity index is 1.74. The zero-order chi connectivity index (χ0) is 14.8. The van der Waals surface area contributed by atoms with Crippen LogP contribution >= 0.6 is 11.3 Å². The molecule has 1 atom stereocenters. The Kier molecular flexibility index (Phi) is 4.11. The molecule has 110 valence electrons. The molecule has 0 spiro atoms. The van der Waals surface area contributed by atoms with Gasteiger partial charge in [0.15, 0.2) is 0 Å². The lowest BCUT2D eigenvalue weighted by Crippen LogP contribution is -2.11. The van der Waals surface area contributed by atoms with E-state index in [2.05, 4.69) is 18.3 Å². The maximum Gasteiger partial charge on any atom is 0.265 e. The van der Waals surface area contributed by atoms with Gasteiger partial charge in [-0.1, -0.05) is 31.0 Å². The highest BCUT2D eigenvalue weighted by molar-refractivity contribution is 7.14. The molecule has 1 aromatic carbocycles. The first-order valence-corrected chi connectivity index (χ1v) is 8.47. The molecule has 0 saturated heterocycles. The summed E-state index contributed by atoms with van der Waals surface area (Å²) in [7, 11) is 0. The normalized spacial score (nSPS) is 17.3. The number of hydrogen-bond acceptors (Lipinski definition) is 2. The minimum absolute atomic E-state index is 0.0197. The molecule has 21 heavy (non-hydrogen) atoms. The zero-order valence-electron chi connectivity index (χ0n) is 12.6. The van der Waals surface area contributed by atoms with Gasteiger partial charge in [-0.05, 0) is 55.9 Å². The summed E-state index contributed by atoms with van der Waals surface area (Å²) < 4.78 is 0. The summed E-state index contributed by atoms with van der Waals surface area (Å²) in [5, 5.41) is 2.99. The minimum Gasteiger partial charge on any atom is -0.321 e. The predicted octanol–water partition coefficient (Wildman–Crippen LogP) is 4.82. The summed E-state index contributed by atoms with van der Waals surface area (Å²) >= 11 is 1.67. The van der Waals surface area contributed by atoms with Gasteiger partial charge < -0.3 is 5.32 Å². The Bertz CT molecular complexity index is 642. The van der Waals surface area contributed by atoms with E-state index in [1.54, 1.807) is 11.3 Å². The first kappa shape index (κ1) is 14.3. The highest BCUT2D eigenvalue weighted by Crippen LogP contribution is 2.33. The number of nitrogens with one attached hydrogen (secondary N) is 1. The number of benzene rings is 1. The van der Waals surface area contributed by atoms with Crippen LogP contribution in [0.4, 0.5) is 5.69 Å². The Morgan fingerprint density at radius 2 is 2.10 bits per heavy atom. The zero-order valence-corrected chi connectivity index (χ0v) is 13.4. The van der Waals surface area contributed by atoms with Gasteiger partial charge in [0.2, 0.25) is 0 Å². The second-order valence-electron chi connectivity index (χ2n) is 5.90. The number of rotatable bonds is 3. The molecular weight excluding hydrogens is 278 g/mol. The van der Waals surface area contributed by atoms with Crippen molar-refractivity contribution in [3.8, 4) is 0 Å². The van der Waals surface area contributed by atoms with Gasteiger partial charge in [-0.2, -0.15) is 0 Å². The van der Waals surface area contributed by atoms with Crippen LogP contribution in [0.25, 0.3) is 0 Å². The molecule has 1 amide bonds. The molecule has 3 rings (SSSR count). The van der Waals surface area contributed by atoms with Crippen molar-refractivity contribution in [2.24, 2.45) is 5.92 Å². The second-order valence-corrected chi connectivity index (χ2v) is 7.03. The molecule has 1 heterocycles. The molecule has 1 aliphatic rings. The van der Waals surface area contributed by atoms with Gasteiger partial charge in [0.1, 0.15) is 0 Å². The molecule has 2 aromatic rings. The van der Waals surface area contributed by atoms with Crippen molar-refractivity contribution >= 4 is 22.9 Å². The highest BCUT2D eigenvalue weighted by atomic mass is 32.1. The number of aryl methyl sites for hydroxylation is 2. The van der Waals surface area contributed by atoms with Crippen molar-refractivity contribution in [2.45, 2.75) is 39.5 Å². The number of carbonyl (C=O) groups excluding carboxylic acids is 1. The highest BCUT2D eigenvalue weighted by Gasteiger charge is 2.22. The maximum atomic E-state index is 12.4. The molecule has 1 aromatic heterocycles. The van der Waals surface area contributed by atoms with E-state index in [0.717, 1.165) is 29.3 Å². The largest absolute Gasteiger partial charge is 0.321 e. The van der Waals surface area contributed by atoms with Crippen LogP contribution in [0.3, 0.4) is 0 Å². The van der Waals surface area contributed by atoms with Crippen LogP contribution in [0.5, 0.6) is 0 Å². The predicted molar refractivity (Wildman–Crippen MR) is 89.3 cm³/mol. The van der Waals surface area contributed by atoms with Crippen LogP contribution in [0, 0.1) is 12.8 Å². The van der Waals surface area contributed by atoms with E-state index < -0.39 is 0 Å². The Morgan fingerprint density at radius 3 is 2.81 bits per heavy atom. The molecule has 0 radical (unpaired) electrons. The lowest BCUT2D eigenvalue weighted by Gasteiger charge is -2.19. The molecule has 1 aliphatic carbocycles. The van der Waals surface area contributed by atoms with Crippen LogP contribution in [-0.2, 0) is 12.8 Å². The SMILES string of the molecule is CC[C@@H]1CCc2sc(C(=O)Nc3ccc(C)cc3)cc2C1. The molecular formula is C18H21NOS. The van der Waals surface area contributed by atoms with Crippen LogP contribution in [0.2, 0.25) is 0 Å². The van der Waals surface area contributed by atoms with Crippen LogP contribution in [-0.4, -0.2) is 5.91 Å². The van der Waals surface area contributed by atoms with Crippen LogP contribution in [0.15, 0.2) is 30.3 Å². The Morgan fingerprint density at radius 1 is 1.33 bits per heavy atom. The third-order valence-electron chi connectivity index (χ3n) is 4.30. The molecule has 2 nitrogen and oxygen atoms in total.